The third kappa shape index (κ3) is 2.52. The SMILES string of the molecule is COC(=O)C1COC(c2cncc3ccccc23)CC1=O. The third-order valence-corrected chi connectivity index (χ3v) is 3.77. The second-order valence-corrected chi connectivity index (χ2v) is 5.02. The maximum atomic E-state index is 12.1. The second kappa shape index (κ2) is 5.61. The first kappa shape index (κ1) is 13.7. The summed E-state index contributed by atoms with van der Waals surface area (Å²) in [4.78, 5) is 27.8. The first-order valence-corrected chi connectivity index (χ1v) is 6.75. The zero-order chi connectivity index (χ0) is 14.8. The van der Waals surface area contributed by atoms with Crippen LogP contribution in [-0.2, 0) is 19.1 Å². The van der Waals surface area contributed by atoms with Crippen LogP contribution in [0.15, 0.2) is 36.7 Å². The minimum atomic E-state index is -0.811. The molecule has 0 N–H and O–H groups in total. The Bertz CT molecular complexity index is 692. The minimum absolute atomic E-state index is 0.0550. The molecule has 0 amide bonds. The number of pyridine rings is 1. The summed E-state index contributed by atoms with van der Waals surface area (Å²) in [5.74, 6) is -1.49. The summed E-state index contributed by atoms with van der Waals surface area (Å²) in [7, 11) is 1.27. The summed E-state index contributed by atoms with van der Waals surface area (Å²) in [6.07, 6.45) is 3.30. The van der Waals surface area contributed by atoms with Crippen molar-refractivity contribution in [2.75, 3.05) is 13.7 Å². The predicted molar refractivity (Wildman–Crippen MR) is 75.6 cm³/mol. The smallest absolute Gasteiger partial charge is 0.318 e. The van der Waals surface area contributed by atoms with E-state index in [-0.39, 0.29) is 24.9 Å². The van der Waals surface area contributed by atoms with Gasteiger partial charge in [0.15, 0.2) is 5.78 Å². The molecule has 108 valence electrons. The number of ether oxygens (including phenoxy) is 2. The zero-order valence-electron chi connectivity index (χ0n) is 11.6. The lowest BCUT2D eigenvalue weighted by Gasteiger charge is -2.27. The van der Waals surface area contributed by atoms with Crippen LogP contribution in [0.3, 0.4) is 0 Å². The molecule has 21 heavy (non-hydrogen) atoms. The van der Waals surface area contributed by atoms with E-state index in [1.165, 1.54) is 7.11 Å². The molecule has 1 fully saturated rings. The molecule has 5 nitrogen and oxygen atoms in total. The number of nitrogens with zero attached hydrogens (tertiary/aromatic N) is 1. The van der Waals surface area contributed by atoms with Crippen LogP contribution < -0.4 is 0 Å². The van der Waals surface area contributed by atoms with Crippen molar-refractivity contribution in [3.05, 3.63) is 42.2 Å². The molecule has 0 bridgehead atoms. The Labute approximate surface area is 121 Å². The molecule has 0 saturated carbocycles. The van der Waals surface area contributed by atoms with Gasteiger partial charge < -0.3 is 9.47 Å². The number of benzene rings is 1. The van der Waals surface area contributed by atoms with E-state index < -0.39 is 11.9 Å². The van der Waals surface area contributed by atoms with Gasteiger partial charge in [0.1, 0.15) is 5.92 Å². The molecule has 2 heterocycles. The summed E-state index contributed by atoms with van der Waals surface area (Å²) in [6, 6.07) is 7.82. The van der Waals surface area contributed by atoms with Gasteiger partial charge in [-0.25, -0.2) is 0 Å². The van der Waals surface area contributed by atoms with Crippen molar-refractivity contribution in [3.8, 4) is 0 Å². The summed E-state index contributed by atoms with van der Waals surface area (Å²) in [5.41, 5.74) is 0.879. The van der Waals surface area contributed by atoms with Gasteiger partial charge in [-0.3, -0.25) is 14.6 Å². The molecule has 2 unspecified atom stereocenters. The van der Waals surface area contributed by atoms with Gasteiger partial charge in [-0.05, 0) is 5.39 Å². The largest absolute Gasteiger partial charge is 0.468 e. The van der Waals surface area contributed by atoms with Crippen LogP contribution in [-0.4, -0.2) is 30.5 Å². The van der Waals surface area contributed by atoms with E-state index in [0.29, 0.717) is 0 Å². The lowest BCUT2D eigenvalue weighted by atomic mass is 9.92. The molecule has 1 saturated heterocycles. The van der Waals surface area contributed by atoms with Crippen molar-refractivity contribution in [1.82, 2.24) is 4.98 Å². The summed E-state index contributed by atoms with van der Waals surface area (Å²) < 4.78 is 10.3. The Hall–Kier alpha value is -2.27. The average Bonchev–Trinajstić information content (AvgIpc) is 2.53. The summed E-state index contributed by atoms with van der Waals surface area (Å²) in [5, 5.41) is 2.02. The normalized spacial score (nSPS) is 22.2. The molecule has 5 heteroatoms. The molecule has 2 aromatic rings. The fraction of sp³-hybridized carbons (Fsp3) is 0.312. The van der Waals surface area contributed by atoms with Crippen LogP contribution in [0.25, 0.3) is 10.8 Å². The number of carbonyl (C=O) groups excluding carboxylic acids is 2. The van der Waals surface area contributed by atoms with E-state index in [0.717, 1.165) is 16.3 Å². The topological polar surface area (TPSA) is 65.5 Å². The fourth-order valence-electron chi connectivity index (χ4n) is 2.63. The summed E-state index contributed by atoms with van der Waals surface area (Å²) >= 11 is 0. The molecular weight excluding hydrogens is 270 g/mol. The number of fused-ring (bicyclic) bond motifs is 1. The average molecular weight is 285 g/mol. The highest BCUT2D eigenvalue weighted by Gasteiger charge is 2.36. The van der Waals surface area contributed by atoms with Gasteiger partial charge in [-0.15, -0.1) is 0 Å². The summed E-state index contributed by atoms with van der Waals surface area (Å²) in [6.45, 7) is 0.0550. The fourth-order valence-corrected chi connectivity index (χ4v) is 2.63. The molecule has 3 rings (SSSR count). The van der Waals surface area contributed by atoms with Crippen molar-refractivity contribution >= 4 is 22.5 Å². The second-order valence-electron chi connectivity index (χ2n) is 5.02. The molecular formula is C16H15NO4. The van der Waals surface area contributed by atoms with E-state index in [2.05, 4.69) is 9.72 Å². The lowest BCUT2D eigenvalue weighted by Crippen LogP contribution is -2.36. The van der Waals surface area contributed by atoms with Crippen molar-refractivity contribution in [2.24, 2.45) is 5.92 Å². The number of hydrogen-bond donors (Lipinski definition) is 0. The quantitative estimate of drug-likeness (QED) is 0.624. The predicted octanol–water partition coefficient (Wildman–Crippen LogP) is 2.05. The van der Waals surface area contributed by atoms with Gasteiger partial charge in [0.25, 0.3) is 0 Å². The van der Waals surface area contributed by atoms with E-state index in [9.17, 15) is 9.59 Å². The first-order chi connectivity index (χ1) is 10.2. The van der Waals surface area contributed by atoms with Gasteiger partial charge in [0, 0.05) is 29.8 Å². The first-order valence-electron chi connectivity index (χ1n) is 6.75. The number of esters is 1. The van der Waals surface area contributed by atoms with Crippen LogP contribution in [0.4, 0.5) is 0 Å². The lowest BCUT2D eigenvalue weighted by molar-refractivity contribution is -0.158. The number of carbonyl (C=O) groups is 2. The van der Waals surface area contributed by atoms with E-state index in [1.807, 2.05) is 24.3 Å². The Kier molecular flexibility index (Phi) is 3.66. The van der Waals surface area contributed by atoms with Crippen LogP contribution >= 0.6 is 0 Å². The van der Waals surface area contributed by atoms with Gasteiger partial charge in [0.05, 0.1) is 19.8 Å². The zero-order valence-corrected chi connectivity index (χ0v) is 11.6. The van der Waals surface area contributed by atoms with Crippen LogP contribution in [0.5, 0.6) is 0 Å². The Morgan fingerprint density at radius 3 is 2.90 bits per heavy atom. The number of hydrogen-bond acceptors (Lipinski definition) is 5. The van der Waals surface area contributed by atoms with Gasteiger partial charge >= 0.3 is 5.97 Å². The number of rotatable bonds is 2. The molecule has 0 aliphatic carbocycles. The van der Waals surface area contributed by atoms with E-state index in [4.69, 9.17) is 4.74 Å². The van der Waals surface area contributed by atoms with E-state index in [1.54, 1.807) is 12.4 Å². The van der Waals surface area contributed by atoms with Gasteiger partial charge in [-0.2, -0.15) is 0 Å². The highest BCUT2D eigenvalue weighted by atomic mass is 16.5. The van der Waals surface area contributed by atoms with Crippen LogP contribution in [0, 0.1) is 5.92 Å². The standard InChI is InChI=1S/C16H15NO4/c1-20-16(19)13-9-21-15(6-14(13)18)12-8-17-7-10-4-2-3-5-11(10)12/h2-5,7-8,13,15H,6,9H2,1H3. The van der Waals surface area contributed by atoms with E-state index >= 15 is 0 Å². The van der Waals surface area contributed by atoms with Crippen molar-refractivity contribution < 1.29 is 19.1 Å². The molecule has 0 radical (unpaired) electrons. The Morgan fingerprint density at radius 2 is 2.14 bits per heavy atom. The number of methoxy groups -OCH3 is 1. The van der Waals surface area contributed by atoms with Crippen molar-refractivity contribution in [1.29, 1.82) is 0 Å². The molecule has 2 atom stereocenters. The maximum Gasteiger partial charge on any atom is 0.318 e. The molecule has 1 aromatic carbocycles. The minimum Gasteiger partial charge on any atom is -0.468 e. The van der Waals surface area contributed by atoms with Crippen molar-refractivity contribution in [2.45, 2.75) is 12.5 Å². The molecule has 0 spiro atoms. The molecule has 1 aliphatic rings. The van der Waals surface area contributed by atoms with Gasteiger partial charge in [0.2, 0.25) is 0 Å². The number of ketones is 1. The number of Topliss-reactive ketones (excluding diaryl/α,β-unsaturated/α-hetero) is 1. The monoisotopic (exact) mass is 285 g/mol. The molecule has 1 aliphatic heterocycles. The highest BCUT2D eigenvalue weighted by molar-refractivity contribution is 6.00. The Morgan fingerprint density at radius 1 is 1.33 bits per heavy atom. The third-order valence-electron chi connectivity index (χ3n) is 3.77. The Balaban J connectivity index is 1.89. The van der Waals surface area contributed by atoms with Crippen LogP contribution in [0.2, 0.25) is 0 Å². The molecule has 1 aromatic heterocycles. The number of aromatic nitrogens is 1. The maximum absolute atomic E-state index is 12.1. The van der Waals surface area contributed by atoms with Gasteiger partial charge in [-0.1, -0.05) is 24.3 Å². The van der Waals surface area contributed by atoms with Crippen molar-refractivity contribution in [3.63, 3.8) is 0 Å². The van der Waals surface area contributed by atoms with Crippen LogP contribution in [0.1, 0.15) is 18.1 Å². The highest BCUT2D eigenvalue weighted by Crippen LogP contribution is 2.32.